The molecule has 1 N–H and O–H groups in total. The average molecular weight is 245 g/mol. The highest BCUT2D eigenvalue weighted by Gasteiger charge is 2.45. The van der Waals surface area contributed by atoms with Crippen molar-refractivity contribution < 1.29 is 9.84 Å². The van der Waals surface area contributed by atoms with Crippen LogP contribution in [0.4, 0.5) is 0 Å². The largest absolute Gasteiger partial charge is 0.391 e. The van der Waals surface area contributed by atoms with Crippen LogP contribution >= 0.6 is 0 Å². The van der Waals surface area contributed by atoms with Crippen LogP contribution in [0, 0.1) is 22.7 Å². The van der Waals surface area contributed by atoms with Crippen molar-refractivity contribution in [3.63, 3.8) is 0 Å². The van der Waals surface area contributed by atoms with Gasteiger partial charge in [-0.15, -0.1) is 0 Å². The van der Waals surface area contributed by atoms with Gasteiger partial charge in [-0.3, -0.25) is 0 Å². The Morgan fingerprint density at radius 3 is 2.39 bits per heavy atom. The maximum atomic E-state index is 10.5. The first-order valence-electron chi connectivity index (χ1n) is 6.28. The van der Waals surface area contributed by atoms with E-state index in [2.05, 4.69) is 6.07 Å². The highest BCUT2D eigenvalue weighted by atomic mass is 16.5. The zero-order chi connectivity index (χ0) is 13.2. The summed E-state index contributed by atoms with van der Waals surface area (Å²) in [5.41, 5.74) is 1.67. The van der Waals surface area contributed by atoms with Crippen LogP contribution in [0.15, 0.2) is 24.3 Å². The molecule has 3 nitrogen and oxygen atoms in total. The van der Waals surface area contributed by atoms with Crippen LogP contribution in [0.5, 0.6) is 0 Å². The normalized spacial score (nSPS) is 19.9. The smallest absolute Gasteiger partial charge is 0.0916 e. The lowest BCUT2D eigenvalue weighted by atomic mass is 9.76. The second kappa shape index (κ2) is 5.09. The summed E-state index contributed by atoms with van der Waals surface area (Å²) in [6.45, 7) is 2.40. The van der Waals surface area contributed by atoms with Crippen molar-refractivity contribution in [3.05, 3.63) is 35.4 Å². The van der Waals surface area contributed by atoms with Gasteiger partial charge in [0.25, 0.3) is 0 Å². The van der Waals surface area contributed by atoms with Gasteiger partial charge >= 0.3 is 0 Å². The summed E-state index contributed by atoms with van der Waals surface area (Å²) in [4.78, 5) is 0. The predicted molar refractivity (Wildman–Crippen MR) is 68.9 cm³/mol. The van der Waals surface area contributed by atoms with Gasteiger partial charge in [-0.1, -0.05) is 31.2 Å². The van der Waals surface area contributed by atoms with Gasteiger partial charge in [0, 0.05) is 13.0 Å². The minimum Gasteiger partial charge on any atom is -0.391 e. The van der Waals surface area contributed by atoms with Crippen molar-refractivity contribution in [2.24, 2.45) is 11.3 Å². The van der Waals surface area contributed by atoms with E-state index in [9.17, 15) is 10.4 Å². The molecule has 18 heavy (non-hydrogen) atoms. The number of nitrogens with zero attached hydrogens (tertiary/aromatic N) is 1. The van der Waals surface area contributed by atoms with E-state index in [0.717, 1.165) is 0 Å². The van der Waals surface area contributed by atoms with Crippen molar-refractivity contribution in [2.75, 3.05) is 13.7 Å². The number of hydrogen-bond donors (Lipinski definition) is 1. The number of methoxy groups -OCH3 is 1. The third-order valence-electron chi connectivity index (χ3n) is 3.89. The first-order valence-corrected chi connectivity index (χ1v) is 6.28. The summed E-state index contributed by atoms with van der Waals surface area (Å²) in [7, 11) is 1.62. The summed E-state index contributed by atoms with van der Waals surface area (Å²) in [6.07, 6.45) is 0.610. The molecule has 2 rings (SSSR count). The van der Waals surface area contributed by atoms with Gasteiger partial charge in [0.05, 0.1) is 24.2 Å². The van der Waals surface area contributed by atoms with Crippen molar-refractivity contribution in [1.82, 2.24) is 0 Å². The standard InChI is InChI=1S/C15H19NO2/c1-11(9-18-2)14(17)15(10-16)7-12-5-3-4-6-13(12)8-15/h3-6,11,14,17H,7-9H2,1-2H3. The fourth-order valence-electron chi connectivity index (χ4n) is 2.90. The molecule has 0 aliphatic heterocycles. The Labute approximate surface area is 108 Å². The van der Waals surface area contributed by atoms with Crippen LogP contribution in [-0.2, 0) is 17.6 Å². The molecular weight excluding hydrogens is 226 g/mol. The fourth-order valence-corrected chi connectivity index (χ4v) is 2.90. The minimum atomic E-state index is -0.693. The number of benzene rings is 1. The molecule has 1 aromatic rings. The molecule has 0 fully saturated rings. The summed E-state index contributed by atoms with van der Waals surface area (Å²) in [6, 6.07) is 10.4. The molecule has 96 valence electrons. The Hall–Kier alpha value is -1.37. The van der Waals surface area contributed by atoms with Gasteiger partial charge in [0.2, 0.25) is 0 Å². The monoisotopic (exact) mass is 245 g/mol. The molecule has 2 atom stereocenters. The molecule has 0 bridgehead atoms. The highest BCUT2D eigenvalue weighted by Crippen LogP contribution is 2.41. The van der Waals surface area contributed by atoms with Crippen LogP contribution in [0.3, 0.4) is 0 Å². The van der Waals surface area contributed by atoms with E-state index >= 15 is 0 Å². The Morgan fingerprint density at radius 2 is 1.94 bits per heavy atom. The van der Waals surface area contributed by atoms with E-state index < -0.39 is 11.5 Å². The maximum absolute atomic E-state index is 10.5. The molecule has 1 aliphatic carbocycles. The molecular formula is C15H19NO2. The second-order valence-corrected chi connectivity index (χ2v) is 5.27. The van der Waals surface area contributed by atoms with Gasteiger partial charge in [-0.25, -0.2) is 0 Å². The number of aliphatic hydroxyl groups excluding tert-OH is 1. The number of hydrogen-bond acceptors (Lipinski definition) is 3. The SMILES string of the molecule is COCC(C)C(O)C1(C#N)Cc2ccccc2C1. The molecule has 1 aliphatic rings. The van der Waals surface area contributed by atoms with Gasteiger partial charge in [0.15, 0.2) is 0 Å². The molecule has 0 saturated heterocycles. The van der Waals surface area contributed by atoms with Crippen LogP contribution in [0.25, 0.3) is 0 Å². The third-order valence-corrected chi connectivity index (χ3v) is 3.89. The lowest BCUT2D eigenvalue weighted by Crippen LogP contribution is -2.40. The van der Waals surface area contributed by atoms with E-state index in [-0.39, 0.29) is 5.92 Å². The summed E-state index contributed by atoms with van der Waals surface area (Å²) in [5.74, 6) is -0.0380. The van der Waals surface area contributed by atoms with Crippen molar-refractivity contribution >= 4 is 0 Å². The van der Waals surface area contributed by atoms with E-state index in [4.69, 9.17) is 4.74 Å². The zero-order valence-corrected chi connectivity index (χ0v) is 10.9. The Balaban J connectivity index is 2.23. The molecule has 0 radical (unpaired) electrons. The average Bonchev–Trinajstić information content (AvgIpc) is 2.77. The lowest BCUT2D eigenvalue weighted by Gasteiger charge is -2.31. The topological polar surface area (TPSA) is 53.2 Å². The lowest BCUT2D eigenvalue weighted by molar-refractivity contribution is -0.00642. The molecule has 0 spiro atoms. The molecule has 1 aromatic carbocycles. The summed E-state index contributed by atoms with van der Waals surface area (Å²) >= 11 is 0. The van der Waals surface area contributed by atoms with Crippen molar-refractivity contribution in [3.8, 4) is 6.07 Å². The summed E-state index contributed by atoms with van der Waals surface area (Å²) in [5, 5.41) is 20.0. The van der Waals surface area contributed by atoms with Gasteiger partial charge in [0.1, 0.15) is 0 Å². The second-order valence-electron chi connectivity index (χ2n) is 5.27. The van der Waals surface area contributed by atoms with Crippen LogP contribution in [-0.4, -0.2) is 24.9 Å². The molecule has 3 heteroatoms. The van der Waals surface area contributed by atoms with Crippen LogP contribution < -0.4 is 0 Å². The van der Waals surface area contributed by atoms with E-state index in [1.54, 1.807) is 7.11 Å². The third kappa shape index (κ3) is 2.14. The number of fused-ring (bicyclic) bond motifs is 1. The van der Waals surface area contributed by atoms with Crippen LogP contribution in [0.2, 0.25) is 0 Å². The fraction of sp³-hybridized carbons (Fsp3) is 0.533. The zero-order valence-electron chi connectivity index (χ0n) is 10.9. The predicted octanol–water partition coefficient (Wildman–Crippen LogP) is 1.94. The van der Waals surface area contributed by atoms with E-state index in [1.165, 1.54) is 11.1 Å². The molecule has 2 unspecified atom stereocenters. The quantitative estimate of drug-likeness (QED) is 0.882. The first-order chi connectivity index (χ1) is 8.63. The van der Waals surface area contributed by atoms with Crippen molar-refractivity contribution in [2.45, 2.75) is 25.9 Å². The number of aliphatic hydroxyl groups is 1. The Bertz CT molecular complexity index is 439. The van der Waals surface area contributed by atoms with E-state index in [1.807, 2.05) is 31.2 Å². The minimum absolute atomic E-state index is 0.0380. The van der Waals surface area contributed by atoms with Gasteiger partial charge in [-0.05, 0) is 24.0 Å². The first kappa shape index (κ1) is 13.1. The molecule has 0 saturated carbocycles. The Kier molecular flexibility index (Phi) is 3.70. The summed E-state index contributed by atoms with van der Waals surface area (Å²) < 4.78 is 5.08. The molecule has 0 amide bonds. The molecule has 0 aromatic heterocycles. The number of rotatable bonds is 4. The van der Waals surface area contributed by atoms with E-state index in [0.29, 0.717) is 19.4 Å². The highest BCUT2D eigenvalue weighted by molar-refractivity contribution is 5.38. The van der Waals surface area contributed by atoms with Crippen LogP contribution in [0.1, 0.15) is 18.1 Å². The van der Waals surface area contributed by atoms with Crippen molar-refractivity contribution in [1.29, 1.82) is 5.26 Å². The van der Waals surface area contributed by atoms with Gasteiger partial charge in [-0.2, -0.15) is 5.26 Å². The Morgan fingerprint density at radius 1 is 1.39 bits per heavy atom. The number of ether oxygens (including phenoxy) is 1. The maximum Gasteiger partial charge on any atom is 0.0916 e. The molecule has 0 heterocycles. The number of nitriles is 1. The van der Waals surface area contributed by atoms with Gasteiger partial charge < -0.3 is 9.84 Å².